The van der Waals surface area contributed by atoms with Gasteiger partial charge in [0.05, 0.1) is 0 Å². The number of nitrogens with two attached hydrogens (primary N) is 1. The number of halogens is 1. The minimum Gasteiger partial charge on any atom is -0.353 e. The summed E-state index contributed by atoms with van der Waals surface area (Å²) in [5.41, 5.74) is 7.06. The van der Waals surface area contributed by atoms with Crippen molar-refractivity contribution < 1.29 is 4.79 Å². The first-order valence-corrected chi connectivity index (χ1v) is 7.59. The Labute approximate surface area is 125 Å². The van der Waals surface area contributed by atoms with Gasteiger partial charge >= 0.3 is 0 Å². The molecule has 0 aromatic heterocycles. The zero-order chi connectivity index (χ0) is 12.8. The summed E-state index contributed by atoms with van der Waals surface area (Å²) >= 11 is 1.96. The van der Waals surface area contributed by atoms with Crippen LogP contribution in [-0.4, -0.2) is 23.5 Å². The molecule has 0 aliphatic carbocycles. The van der Waals surface area contributed by atoms with E-state index in [0.717, 1.165) is 29.9 Å². The number of thioether (sulfide) groups is 1. The van der Waals surface area contributed by atoms with E-state index in [4.69, 9.17) is 5.73 Å². The molecule has 0 radical (unpaired) electrons. The lowest BCUT2D eigenvalue weighted by molar-refractivity contribution is -0.122. The summed E-state index contributed by atoms with van der Waals surface area (Å²) in [6.45, 7) is 0. The Morgan fingerprint density at radius 2 is 1.95 bits per heavy atom. The zero-order valence-corrected chi connectivity index (χ0v) is 12.5. The van der Waals surface area contributed by atoms with Gasteiger partial charge in [0.2, 0.25) is 5.91 Å². The van der Waals surface area contributed by atoms with Crippen molar-refractivity contribution in [1.82, 2.24) is 5.32 Å². The molecule has 1 heterocycles. The predicted molar refractivity (Wildman–Crippen MR) is 83.7 cm³/mol. The van der Waals surface area contributed by atoms with Crippen LogP contribution in [0.2, 0.25) is 0 Å². The van der Waals surface area contributed by atoms with E-state index in [2.05, 4.69) is 5.32 Å². The van der Waals surface area contributed by atoms with Gasteiger partial charge in [-0.1, -0.05) is 30.3 Å². The lowest BCUT2D eigenvalue weighted by Crippen LogP contribution is -2.38. The summed E-state index contributed by atoms with van der Waals surface area (Å²) in [6, 6.07) is 9.93. The summed E-state index contributed by atoms with van der Waals surface area (Å²) in [6.07, 6.45) is 2.53. The number of nitrogens with one attached hydrogen (secondary N) is 1. The SMILES string of the molecule is Cl.NC(CC(=O)NC1CCSCC1)c1ccccc1. The molecule has 1 aromatic carbocycles. The third kappa shape index (κ3) is 5.43. The lowest BCUT2D eigenvalue weighted by Gasteiger charge is -2.23. The second-order valence-corrected chi connectivity index (χ2v) is 5.90. The molecule has 1 aromatic rings. The summed E-state index contributed by atoms with van der Waals surface area (Å²) in [5.74, 6) is 2.37. The molecule has 1 atom stereocenters. The Kier molecular flexibility index (Phi) is 7.28. The van der Waals surface area contributed by atoms with Gasteiger partial charge in [-0.25, -0.2) is 0 Å². The molecule has 3 nitrogen and oxygen atoms in total. The highest BCUT2D eigenvalue weighted by atomic mass is 35.5. The number of benzene rings is 1. The van der Waals surface area contributed by atoms with Crippen LogP contribution in [0.3, 0.4) is 0 Å². The Bertz CT molecular complexity index is 382. The molecule has 106 valence electrons. The molecule has 5 heteroatoms. The second-order valence-electron chi connectivity index (χ2n) is 4.68. The highest BCUT2D eigenvalue weighted by molar-refractivity contribution is 7.99. The van der Waals surface area contributed by atoms with Gasteiger partial charge in [0, 0.05) is 18.5 Å². The summed E-state index contributed by atoms with van der Waals surface area (Å²) in [5, 5.41) is 3.09. The van der Waals surface area contributed by atoms with E-state index in [1.54, 1.807) is 0 Å². The number of hydrogen-bond donors (Lipinski definition) is 2. The monoisotopic (exact) mass is 300 g/mol. The fourth-order valence-corrected chi connectivity index (χ4v) is 3.25. The number of carbonyl (C=O) groups is 1. The van der Waals surface area contributed by atoms with Crippen LogP contribution in [-0.2, 0) is 4.79 Å². The normalized spacial score (nSPS) is 17.3. The van der Waals surface area contributed by atoms with Crippen LogP contribution in [0.15, 0.2) is 30.3 Å². The van der Waals surface area contributed by atoms with Gasteiger partial charge in [0.25, 0.3) is 0 Å². The Hall–Kier alpha value is -0.710. The molecule has 1 amide bonds. The van der Waals surface area contributed by atoms with Crippen LogP contribution in [0.1, 0.15) is 30.9 Å². The minimum atomic E-state index is -0.204. The van der Waals surface area contributed by atoms with E-state index in [1.165, 1.54) is 0 Å². The molecule has 1 saturated heterocycles. The van der Waals surface area contributed by atoms with Crippen molar-refractivity contribution in [1.29, 1.82) is 0 Å². The maximum absolute atomic E-state index is 11.9. The van der Waals surface area contributed by atoms with E-state index in [-0.39, 0.29) is 24.4 Å². The van der Waals surface area contributed by atoms with E-state index >= 15 is 0 Å². The van der Waals surface area contributed by atoms with Crippen LogP contribution in [0.4, 0.5) is 0 Å². The maximum atomic E-state index is 11.9. The van der Waals surface area contributed by atoms with Crippen molar-refractivity contribution in [3.63, 3.8) is 0 Å². The molecular formula is C14H21ClN2OS. The van der Waals surface area contributed by atoms with Crippen LogP contribution in [0.5, 0.6) is 0 Å². The molecule has 1 aliphatic heterocycles. The quantitative estimate of drug-likeness (QED) is 0.898. The third-order valence-electron chi connectivity index (χ3n) is 3.22. The van der Waals surface area contributed by atoms with Gasteiger partial charge in [-0.3, -0.25) is 4.79 Å². The highest BCUT2D eigenvalue weighted by Crippen LogP contribution is 2.18. The first-order valence-electron chi connectivity index (χ1n) is 6.43. The van der Waals surface area contributed by atoms with Crippen molar-refractivity contribution in [2.75, 3.05) is 11.5 Å². The van der Waals surface area contributed by atoms with E-state index in [9.17, 15) is 4.79 Å². The zero-order valence-electron chi connectivity index (χ0n) is 10.9. The van der Waals surface area contributed by atoms with Gasteiger partial charge < -0.3 is 11.1 Å². The molecule has 0 spiro atoms. The molecule has 1 aliphatic rings. The summed E-state index contributed by atoms with van der Waals surface area (Å²) < 4.78 is 0. The van der Waals surface area contributed by atoms with Gasteiger partial charge in [-0.2, -0.15) is 11.8 Å². The fraction of sp³-hybridized carbons (Fsp3) is 0.500. The maximum Gasteiger partial charge on any atom is 0.222 e. The van der Waals surface area contributed by atoms with E-state index in [0.29, 0.717) is 12.5 Å². The van der Waals surface area contributed by atoms with Gasteiger partial charge in [0.15, 0.2) is 0 Å². The van der Waals surface area contributed by atoms with E-state index in [1.807, 2.05) is 42.1 Å². The molecular weight excluding hydrogens is 280 g/mol. The number of rotatable bonds is 4. The first kappa shape index (κ1) is 16.3. The molecule has 1 unspecified atom stereocenters. The van der Waals surface area contributed by atoms with Crippen molar-refractivity contribution in [2.24, 2.45) is 5.73 Å². The molecule has 2 rings (SSSR count). The highest BCUT2D eigenvalue weighted by Gasteiger charge is 2.17. The Balaban J connectivity index is 0.00000180. The number of hydrogen-bond acceptors (Lipinski definition) is 3. The molecule has 19 heavy (non-hydrogen) atoms. The molecule has 1 fully saturated rings. The Morgan fingerprint density at radius 1 is 1.32 bits per heavy atom. The molecule has 3 N–H and O–H groups in total. The summed E-state index contributed by atoms with van der Waals surface area (Å²) in [4.78, 5) is 11.9. The predicted octanol–water partition coefficient (Wildman–Crippen LogP) is 2.51. The largest absolute Gasteiger partial charge is 0.353 e. The van der Waals surface area contributed by atoms with E-state index < -0.39 is 0 Å². The first-order chi connectivity index (χ1) is 8.75. The van der Waals surface area contributed by atoms with Crippen molar-refractivity contribution in [3.8, 4) is 0 Å². The smallest absolute Gasteiger partial charge is 0.222 e. The van der Waals surface area contributed by atoms with Crippen molar-refractivity contribution >= 4 is 30.1 Å². The van der Waals surface area contributed by atoms with Crippen molar-refractivity contribution in [2.45, 2.75) is 31.3 Å². The average molecular weight is 301 g/mol. The number of carbonyl (C=O) groups excluding carboxylic acids is 1. The molecule has 0 bridgehead atoms. The fourth-order valence-electron chi connectivity index (χ4n) is 2.15. The van der Waals surface area contributed by atoms with Gasteiger partial charge in [0.1, 0.15) is 0 Å². The third-order valence-corrected chi connectivity index (χ3v) is 4.27. The van der Waals surface area contributed by atoms with Crippen LogP contribution >= 0.6 is 24.2 Å². The summed E-state index contributed by atoms with van der Waals surface area (Å²) in [7, 11) is 0. The lowest BCUT2D eigenvalue weighted by atomic mass is 10.0. The average Bonchev–Trinajstić information content (AvgIpc) is 2.40. The van der Waals surface area contributed by atoms with Crippen LogP contribution < -0.4 is 11.1 Å². The van der Waals surface area contributed by atoms with Crippen molar-refractivity contribution in [3.05, 3.63) is 35.9 Å². The standard InChI is InChI=1S/C14H20N2OS.ClH/c15-13(11-4-2-1-3-5-11)10-14(17)16-12-6-8-18-9-7-12;/h1-5,12-13H,6-10,15H2,(H,16,17);1H. The van der Waals surface area contributed by atoms with Crippen LogP contribution in [0, 0.1) is 0 Å². The van der Waals surface area contributed by atoms with Crippen LogP contribution in [0.25, 0.3) is 0 Å². The Morgan fingerprint density at radius 3 is 2.58 bits per heavy atom. The molecule has 0 saturated carbocycles. The van der Waals surface area contributed by atoms with Gasteiger partial charge in [-0.15, -0.1) is 12.4 Å². The minimum absolute atomic E-state index is 0. The topological polar surface area (TPSA) is 55.1 Å². The van der Waals surface area contributed by atoms with Gasteiger partial charge in [-0.05, 0) is 29.9 Å². The number of amides is 1. The second kappa shape index (κ2) is 8.46.